The molecule has 6 rings (SSSR count). The van der Waals surface area contributed by atoms with Gasteiger partial charge in [0.15, 0.2) is 0 Å². The number of hydrogen-bond acceptors (Lipinski definition) is 7. The largest absolute Gasteiger partial charge is 0.489 e. The van der Waals surface area contributed by atoms with Gasteiger partial charge in [-0.1, -0.05) is 31.7 Å². The zero-order valence-corrected chi connectivity index (χ0v) is 25.4. The van der Waals surface area contributed by atoms with Crippen LogP contribution >= 0.6 is 0 Å². The highest BCUT2D eigenvalue weighted by molar-refractivity contribution is 7.92. The summed E-state index contributed by atoms with van der Waals surface area (Å²) in [6.07, 6.45) is 13.0. The number of imidazole rings is 1. The first-order valence-electron chi connectivity index (χ1n) is 15.4. The molecule has 2 unspecified atom stereocenters. The van der Waals surface area contributed by atoms with E-state index in [-0.39, 0.29) is 16.7 Å². The number of benzene rings is 2. The van der Waals surface area contributed by atoms with Crippen molar-refractivity contribution in [1.29, 1.82) is 0 Å². The Hall–Kier alpha value is -3.93. The summed E-state index contributed by atoms with van der Waals surface area (Å²) in [5.41, 5.74) is 3.43. The third-order valence-corrected chi connectivity index (χ3v) is 10.00. The highest BCUT2D eigenvalue weighted by Crippen LogP contribution is 2.32. The van der Waals surface area contributed by atoms with Gasteiger partial charge in [-0.05, 0) is 85.7 Å². The van der Waals surface area contributed by atoms with Crippen LogP contribution in [0.5, 0.6) is 5.75 Å². The van der Waals surface area contributed by atoms with Crippen molar-refractivity contribution < 1.29 is 18.3 Å². The standard InChI is InChI=1S/C33H39N5O5S/c39-31(25-7-3-17-34-19-25)21-35-20-29-13-9-24-18-26(10-16-32(24)43-29)37-44(41,42)30-14-11-28(12-15-30)38-22-27(36-33(38)40)8-2-6-23-4-1-5-23/h3,7,10-12,14-19,22-23,29,31,35,37,39H,1-2,4-6,8-9,13,20-21H2,(H,36,40). The molecule has 1 aliphatic carbocycles. The Morgan fingerprint density at radius 2 is 1.95 bits per heavy atom. The number of aromatic nitrogens is 3. The molecule has 0 radical (unpaired) electrons. The van der Waals surface area contributed by atoms with Gasteiger partial charge in [0.25, 0.3) is 10.0 Å². The maximum Gasteiger partial charge on any atom is 0.330 e. The van der Waals surface area contributed by atoms with Crippen molar-refractivity contribution in [2.24, 2.45) is 5.92 Å². The summed E-state index contributed by atoms with van der Waals surface area (Å²) in [6.45, 7) is 0.973. The van der Waals surface area contributed by atoms with Crippen LogP contribution in [-0.4, -0.2) is 47.3 Å². The quantitative estimate of drug-likeness (QED) is 0.173. The van der Waals surface area contributed by atoms with Crippen molar-refractivity contribution in [2.45, 2.75) is 68.5 Å². The Labute approximate surface area is 257 Å². The van der Waals surface area contributed by atoms with Gasteiger partial charge in [-0.15, -0.1) is 0 Å². The number of nitrogens with zero attached hydrogens (tertiary/aromatic N) is 2. The number of aromatic amines is 1. The van der Waals surface area contributed by atoms with E-state index in [1.54, 1.807) is 42.7 Å². The zero-order valence-electron chi connectivity index (χ0n) is 24.6. The average molecular weight is 618 g/mol. The number of anilines is 1. The fraction of sp³-hybridized carbons (Fsp3) is 0.394. The third kappa shape index (κ3) is 7.23. The molecule has 4 N–H and O–H groups in total. The zero-order chi connectivity index (χ0) is 30.5. The van der Waals surface area contributed by atoms with E-state index in [4.69, 9.17) is 4.74 Å². The first-order valence-corrected chi connectivity index (χ1v) is 16.8. The van der Waals surface area contributed by atoms with Crippen molar-refractivity contribution in [3.05, 3.63) is 100 Å². The highest BCUT2D eigenvalue weighted by atomic mass is 32.2. The van der Waals surface area contributed by atoms with Crippen LogP contribution < -0.4 is 20.5 Å². The van der Waals surface area contributed by atoms with Gasteiger partial charge in [0, 0.05) is 48.6 Å². The molecule has 10 nitrogen and oxygen atoms in total. The molecular weight excluding hydrogens is 578 g/mol. The van der Waals surface area contributed by atoms with Crippen LogP contribution in [0.3, 0.4) is 0 Å². The molecule has 3 heterocycles. The SMILES string of the molecule is O=c1[nH]c(CCCC2CCC2)cn1-c1ccc(S(=O)(=O)Nc2ccc3c(c2)CCC(CNCC(O)c2cccnc2)O3)cc1. The van der Waals surface area contributed by atoms with E-state index in [2.05, 4.69) is 20.0 Å². The van der Waals surface area contributed by atoms with Crippen LogP contribution in [0, 0.1) is 5.92 Å². The van der Waals surface area contributed by atoms with Crippen LogP contribution in [0.25, 0.3) is 5.69 Å². The summed E-state index contributed by atoms with van der Waals surface area (Å²) in [6, 6.07) is 15.2. The molecule has 11 heteroatoms. The molecule has 0 amide bonds. The van der Waals surface area contributed by atoms with E-state index in [0.717, 1.165) is 54.2 Å². The maximum absolute atomic E-state index is 13.2. The van der Waals surface area contributed by atoms with Crippen molar-refractivity contribution >= 4 is 15.7 Å². The highest BCUT2D eigenvalue weighted by Gasteiger charge is 2.22. The summed E-state index contributed by atoms with van der Waals surface area (Å²) in [5.74, 6) is 1.56. The Balaban J connectivity index is 1.02. The summed E-state index contributed by atoms with van der Waals surface area (Å²) in [4.78, 5) is 19.6. The number of sulfonamides is 1. The molecule has 4 aromatic rings. The van der Waals surface area contributed by atoms with Gasteiger partial charge < -0.3 is 20.1 Å². The van der Waals surface area contributed by atoms with Gasteiger partial charge in [0.05, 0.1) is 16.7 Å². The second-order valence-corrected chi connectivity index (χ2v) is 13.5. The number of rotatable bonds is 13. The Kier molecular flexibility index (Phi) is 9.15. The molecule has 0 bridgehead atoms. The van der Waals surface area contributed by atoms with Crippen LogP contribution in [0.1, 0.15) is 61.4 Å². The first-order chi connectivity index (χ1) is 21.3. The van der Waals surface area contributed by atoms with E-state index in [1.165, 1.54) is 42.4 Å². The van der Waals surface area contributed by atoms with Gasteiger partial charge in [-0.3, -0.25) is 14.3 Å². The molecule has 1 saturated carbocycles. The lowest BCUT2D eigenvalue weighted by Gasteiger charge is -2.27. The van der Waals surface area contributed by atoms with Crippen molar-refractivity contribution in [3.63, 3.8) is 0 Å². The van der Waals surface area contributed by atoms with Gasteiger partial charge in [0.2, 0.25) is 0 Å². The van der Waals surface area contributed by atoms with Crippen molar-refractivity contribution in [1.82, 2.24) is 19.9 Å². The lowest BCUT2D eigenvalue weighted by Crippen LogP contribution is -2.36. The third-order valence-electron chi connectivity index (χ3n) is 8.60. The van der Waals surface area contributed by atoms with E-state index >= 15 is 0 Å². The molecule has 2 aromatic carbocycles. The van der Waals surface area contributed by atoms with E-state index in [9.17, 15) is 18.3 Å². The number of aliphatic hydroxyl groups is 1. The molecule has 1 fully saturated rings. The number of H-pyrrole nitrogens is 1. The van der Waals surface area contributed by atoms with E-state index in [1.807, 2.05) is 18.3 Å². The van der Waals surface area contributed by atoms with Crippen LogP contribution in [0.2, 0.25) is 0 Å². The number of fused-ring (bicyclic) bond motifs is 1. The molecule has 2 aromatic heterocycles. The van der Waals surface area contributed by atoms with Crippen molar-refractivity contribution in [2.75, 3.05) is 17.8 Å². The monoisotopic (exact) mass is 617 g/mol. The molecule has 2 atom stereocenters. The molecule has 2 aliphatic rings. The Morgan fingerprint density at radius 3 is 2.70 bits per heavy atom. The minimum absolute atomic E-state index is 0.0550. The molecule has 232 valence electrons. The number of ether oxygens (including phenoxy) is 1. The van der Waals surface area contributed by atoms with Gasteiger partial charge in [-0.2, -0.15) is 0 Å². The Bertz CT molecular complexity index is 1720. The molecule has 44 heavy (non-hydrogen) atoms. The van der Waals surface area contributed by atoms with Crippen molar-refractivity contribution in [3.8, 4) is 11.4 Å². The minimum atomic E-state index is -3.84. The topological polar surface area (TPSA) is 138 Å². The van der Waals surface area contributed by atoms with Gasteiger partial charge >= 0.3 is 5.69 Å². The fourth-order valence-corrected chi connectivity index (χ4v) is 6.90. The summed E-state index contributed by atoms with van der Waals surface area (Å²) < 4.78 is 36.7. The number of aliphatic hydroxyl groups excluding tert-OH is 1. The predicted octanol–water partition coefficient (Wildman–Crippen LogP) is 4.50. The molecular formula is C33H39N5O5S. The lowest BCUT2D eigenvalue weighted by molar-refractivity contribution is 0.146. The summed E-state index contributed by atoms with van der Waals surface area (Å²) in [5, 5.41) is 13.6. The normalized spacial score (nSPS) is 17.3. The molecule has 1 aliphatic heterocycles. The van der Waals surface area contributed by atoms with Crippen LogP contribution in [0.4, 0.5) is 5.69 Å². The van der Waals surface area contributed by atoms with E-state index in [0.29, 0.717) is 24.5 Å². The number of hydrogen-bond donors (Lipinski definition) is 4. The van der Waals surface area contributed by atoms with Gasteiger partial charge in [0.1, 0.15) is 11.9 Å². The Morgan fingerprint density at radius 1 is 1.11 bits per heavy atom. The maximum atomic E-state index is 13.2. The molecule has 0 saturated heterocycles. The second kappa shape index (κ2) is 13.4. The fourth-order valence-electron chi connectivity index (χ4n) is 5.85. The van der Waals surface area contributed by atoms with E-state index < -0.39 is 16.1 Å². The minimum Gasteiger partial charge on any atom is -0.489 e. The number of aryl methyl sites for hydroxylation is 2. The summed E-state index contributed by atoms with van der Waals surface area (Å²) >= 11 is 0. The first kappa shape index (κ1) is 30.1. The van der Waals surface area contributed by atoms with Gasteiger partial charge in [-0.25, -0.2) is 13.2 Å². The average Bonchev–Trinajstić information content (AvgIpc) is 3.38. The second-order valence-electron chi connectivity index (χ2n) is 11.8. The lowest BCUT2D eigenvalue weighted by atomic mass is 9.82. The van der Waals surface area contributed by atoms with Crippen LogP contribution in [-0.2, 0) is 22.9 Å². The smallest absolute Gasteiger partial charge is 0.330 e. The predicted molar refractivity (Wildman–Crippen MR) is 169 cm³/mol. The number of nitrogens with one attached hydrogen (secondary N) is 3. The summed E-state index contributed by atoms with van der Waals surface area (Å²) in [7, 11) is -3.84. The molecule has 0 spiro atoms. The number of pyridine rings is 1. The van der Waals surface area contributed by atoms with Crippen LogP contribution in [0.15, 0.2) is 82.9 Å².